The summed E-state index contributed by atoms with van der Waals surface area (Å²) in [6.07, 6.45) is 7.78. The third-order valence-electron chi connectivity index (χ3n) is 4.12. The molecule has 4 heteroatoms. The van der Waals surface area contributed by atoms with Gasteiger partial charge in [-0.25, -0.2) is 8.78 Å². The van der Waals surface area contributed by atoms with Crippen molar-refractivity contribution in [2.75, 3.05) is 7.11 Å². The summed E-state index contributed by atoms with van der Waals surface area (Å²) in [5.74, 6) is -0.575. The minimum atomic E-state index is -0.615. The van der Waals surface area contributed by atoms with Gasteiger partial charge in [-0.15, -0.1) is 11.6 Å². The smallest absolute Gasteiger partial charge is 0.134 e. The standard InChI is InChI=1S/C16H21ClF2O/c1-20-12-9-14(18)16(15(19)10-12)13(17)8-11-6-4-2-3-5-7-11/h9-11,13H,2-8H2,1H3. The van der Waals surface area contributed by atoms with Crippen LogP contribution >= 0.6 is 11.6 Å². The van der Waals surface area contributed by atoms with E-state index < -0.39 is 17.0 Å². The first-order chi connectivity index (χ1) is 9.61. The second-order valence-electron chi connectivity index (χ2n) is 5.57. The fourth-order valence-electron chi connectivity index (χ4n) is 2.99. The van der Waals surface area contributed by atoms with E-state index in [9.17, 15) is 8.78 Å². The normalized spacial score (nSPS) is 18.6. The molecule has 0 N–H and O–H groups in total. The molecule has 1 aromatic rings. The first-order valence-electron chi connectivity index (χ1n) is 7.28. The van der Waals surface area contributed by atoms with Crippen molar-refractivity contribution in [1.82, 2.24) is 0 Å². The fraction of sp³-hybridized carbons (Fsp3) is 0.625. The molecule has 0 aromatic heterocycles. The van der Waals surface area contributed by atoms with E-state index in [-0.39, 0.29) is 11.3 Å². The van der Waals surface area contributed by atoms with Crippen LogP contribution in [-0.2, 0) is 0 Å². The van der Waals surface area contributed by atoms with Gasteiger partial charge in [-0.3, -0.25) is 0 Å². The lowest BCUT2D eigenvalue weighted by Gasteiger charge is -2.19. The zero-order valence-electron chi connectivity index (χ0n) is 11.8. The number of halogens is 3. The highest BCUT2D eigenvalue weighted by Crippen LogP contribution is 2.37. The van der Waals surface area contributed by atoms with E-state index in [2.05, 4.69) is 0 Å². The Morgan fingerprint density at radius 1 is 1.15 bits per heavy atom. The van der Waals surface area contributed by atoms with Gasteiger partial charge in [0.15, 0.2) is 0 Å². The maximum atomic E-state index is 14.0. The number of hydrogen-bond acceptors (Lipinski definition) is 1. The van der Waals surface area contributed by atoms with Gasteiger partial charge in [-0.05, 0) is 12.3 Å². The van der Waals surface area contributed by atoms with Gasteiger partial charge >= 0.3 is 0 Å². The topological polar surface area (TPSA) is 9.23 Å². The lowest BCUT2D eigenvalue weighted by Crippen LogP contribution is -2.07. The van der Waals surface area contributed by atoms with Crippen LogP contribution in [0.25, 0.3) is 0 Å². The molecule has 1 atom stereocenters. The minimum absolute atomic E-state index is 0.0169. The Morgan fingerprint density at radius 2 is 1.70 bits per heavy atom. The van der Waals surface area contributed by atoms with Crippen LogP contribution < -0.4 is 4.74 Å². The molecule has 1 aliphatic carbocycles. The number of ether oxygens (including phenoxy) is 1. The number of hydrogen-bond donors (Lipinski definition) is 0. The molecule has 112 valence electrons. The van der Waals surface area contributed by atoms with Crippen LogP contribution in [0.4, 0.5) is 8.78 Å². The van der Waals surface area contributed by atoms with Gasteiger partial charge in [0, 0.05) is 17.7 Å². The van der Waals surface area contributed by atoms with Crippen molar-refractivity contribution in [2.24, 2.45) is 5.92 Å². The Morgan fingerprint density at radius 3 is 2.20 bits per heavy atom. The molecule has 0 bridgehead atoms. The van der Waals surface area contributed by atoms with Crippen LogP contribution in [0.5, 0.6) is 5.75 Å². The number of methoxy groups -OCH3 is 1. The van der Waals surface area contributed by atoms with Crippen molar-refractivity contribution in [2.45, 2.75) is 50.3 Å². The van der Waals surface area contributed by atoms with Crippen LogP contribution in [0.1, 0.15) is 55.9 Å². The van der Waals surface area contributed by atoms with Gasteiger partial charge in [0.2, 0.25) is 0 Å². The van der Waals surface area contributed by atoms with E-state index >= 15 is 0 Å². The monoisotopic (exact) mass is 302 g/mol. The van der Waals surface area contributed by atoms with E-state index in [1.165, 1.54) is 44.9 Å². The van der Waals surface area contributed by atoms with Crippen molar-refractivity contribution in [3.63, 3.8) is 0 Å². The zero-order valence-corrected chi connectivity index (χ0v) is 12.6. The van der Waals surface area contributed by atoms with Gasteiger partial charge in [0.25, 0.3) is 0 Å². The molecule has 0 radical (unpaired) electrons. The third-order valence-corrected chi connectivity index (χ3v) is 4.51. The lowest BCUT2D eigenvalue weighted by atomic mass is 9.92. The molecule has 1 aromatic carbocycles. The lowest BCUT2D eigenvalue weighted by molar-refractivity contribution is 0.397. The first-order valence-corrected chi connectivity index (χ1v) is 7.72. The van der Waals surface area contributed by atoms with Crippen LogP contribution in [0.15, 0.2) is 12.1 Å². The highest BCUT2D eigenvalue weighted by molar-refractivity contribution is 6.20. The Bertz CT molecular complexity index is 419. The zero-order chi connectivity index (χ0) is 14.5. The molecule has 1 fully saturated rings. The Kier molecular flexibility index (Phi) is 5.64. The van der Waals surface area contributed by atoms with Crippen LogP contribution in [0.3, 0.4) is 0 Å². The molecule has 0 heterocycles. The fourth-order valence-corrected chi connectivity index (χ4v) is 3.45. The SMILES string of the molecule is COc1cc(F)c(C(Cl)CC2CCCCCC2)c(F)c1. The predicted octanol–water partition coefficient (Wildman–Crippen LogP) is 5.61. The summed E-state index contributed by atoms with van der Waals surface area (Å²) in [6, 6.07) is 2.39. The number of benzene rings is 1. The van der Waals surface area contributed by atoms with Crippen LogP contribution in [-0.4, -0.2) is 7.11 Å². The molecule has 1 saturated carbocycles. The van der Waals surface area contributed by atoms with Crippen LogP contribution in [0.2, 0.25) is 0 Å². The Hall–Kier alpha value is -0.830. The molecule has 1 aliphatic rings. The van der Waals surface area contributed by atoms with Crippen molar-refractivity contribution in [3.05, 3.63) is 29.3 Å². The van der Waals surface area contributed by atoms with Crippen molar-refractivity contribution < 1.29 is 13.5 Å². The molecule has 0 amide bonds. The Labute approximate surface area is 124 Å². The summed E-state index contributed by atoms with van der Waals surface area (Å²) >= 11 is 6.28. The van der Waals surface area contributed by atoms with Crippen molar-refractivity contribution in [3.8, 4) is 5.75 Å². The third kappa shape index (κ3) is 3.85. The van der Waals surface area contributed by atoms with Gasteiger partial charge < -0.3 is 4.74 Å². The number of alkyl halides is 1. The number of rotatable bonds is 4. The summed E-state index contributed by atoms with van der Waals surface area (Å²) in [7, 11) is 1.39. The maximum absolute atomic E-state index is 14.0. The average molecular weight is 303 g/mol. The van der Waals surface area contributed by atoms with E-state index in [1.807, 2.05) is 0 Å². The summed E-state index contributed by atoms with van der Waals surface area (Å²) in [4.78, 5) is 0. The Balaban J connectivity index is 2.10. The van der Waals surface area contributed by atoms with Gasteiger partial charge in [-0.2, -0.15) is 0 Å². The summed E-state index contributed by atoms with van der Waals surface area (Å²) in [6.45, 7) is 0. The summed E-state index contributed by atoms with van der Waals surface area (Å²) in [5, 5.41) is -0.607. The van der Waals surface area contributed by atoms with Crippen LogP contribution in [0, 0.1) is 17.6 Å². The summed E-state index contributed by atoms with van der Waals surface area (Å²) < 4.78 is 32.8. The molecule has 20 heavy (non-hydrogen) atoms. The largest absolute Gasteiger partial charge is 0.497 e. The van der Waals surface area contributed by atoms with Gasteiger partial charge in [0.1, 0.15) is 17.4 Å². The molecular formula is C16H21ClF2O. The molecule has 0 aliphatic heterocycles. The second kappa shape index (κ2) is 7.26. The van der Waals surface area contributed by atoms with Gasteiger partial charge in [-0.1, -0.05) is 38.5 Å². The minimum Gasteiger partial charge on any atom is -0.497 e. The molecular weight excluding hydrogens is 282 g/mol. The van der Waals surface area contributed by atoms with E-state index in [4.69, 9.17) is 16.3 Å². The molecule has 1 nitrogen and oxygen atoms in total. The highest BCUT2D eigenvalue weighted by atomic mass is 35.5. The molecule has 1 unspecified atom stereocenters. The maximum Gasteiger partial charge on any atom is 0.134 e. The predicted molar refractivity (Wildman–Crippen MR) is 77.3 cm³/mol. The van der Waals surface area contributed by atoms with E-state index in [1.54, 1.807) is 0 Å². The highest BCUT2D eigenvalue weighted by Gasteiger charge is 2.23. The first kappa shape index (κ1) is 15.6. The quantitative estimate of drug-likeness (QED) is 0.518. The van der Waals surface area contributed by atoms with Crippen molar-refractivity contribution >= 4 is 11.6 Å². The second-order valence-corrected chi connectivity index (χ2v) is 6.09. The molecule has 0 saturated heterocycles. The molecule has 0 spiro atoms. The summed E-state index contributed by atoms with van der Waals surface area (Å²) in [5.41, 5.74) is -0.0169. The average Bonchev–Trinajstić information content (AvgIpc) is 2.66. The van der Waals surface area contributed by atoms with E-state index in [0.29, 0.717) is 12.3 Å². The van der Waals surface area contributed by atoms with Gasteiger partial charge in [0.05, 0.1) is 12.5 Å². The van der Waals surface area contributed by atoms with E-state index in [0.717, 1.165) is 12.8 Å². The van der Waals surface area contributed by atoms with Crippen molar-refractivity contribution in [1.29, 1.82) is 0 Å². The molecule has 2 rings (SSSR count).